The van der Waals surface area contributed by atoms with Crippen LogP contribution >= 0.6 is 0 Å². The van der Waals surface area contributed by atoms with Crippen LogP contribution in [0.15, 0.2) is 65.5 Å². The molecule has 0 radical (unpaired) electrons. The van der Waals surface area contributed by atoms with E-state index in [2.05, 4.69) is 57.4 Å². The van der Waals surface area contributed by atoms with E-state index in [0.29, 0.717) is 27.8 Å². The Morgan fingerprint density at radius 1 is 1.14 bits per heavy atom. The van der Waals surface area contributed by atoms with Gasteiger partial charge in [-0.15, -0.1) is 4.91 Å². The molecule has 3 nitrogen and oxygen atoms in total. The molecule has 0 aliphatic heterocycles. The third-order valence-electron chi connectivity index (χ3n) is 6.02. The Kier molecular flexibility index (Phi) is 12.2. The predicted molar refractivity (Wildman–Crippen MR) is 149 cm³/mol. The lowest BCUT2D eigenvalue weighted by molar-refractivity contribution is 0.402. The van der Waals surface area contributed by atoms with E-state index in [1.54, 1.807) is 37.8 Å². The van der Waals surface area contributed by atoms with Crippen LogP contribution in [0, 0.1) is 23.1 Å². The average Bonchev–Trinajstić information content (AvgIpc) is 2.78. The van der Waals surface area contributed by atoms with Crippen molar-refractivity contribution in [2.24, 2.45) is 10.6 Å². The summed E-state index contributed by atoms with van der Waals surface area (Å²) in [4.78, 5) is 15.3. The second kappa shape index (κ2) is 14.1. The van der Waals surface area contributed by atoms with E-state index < -0.39 is 5.54 Å². The molecule has 1 unspecified atom stereocenters. The Hall–Kier alpha value is -2.62. The molecule has 0 fully saturated rings. The first-order valence-electron chi connectivity index (χ1n) is 12.7. The van der Waals surface area contributed by atoms with Crippen LogP contribution in [0.3, 0.4) is 0 Å². The molecule has 4 heteroatoms. The van der Waals surface area contributed by atoms with Crippen LogP contribution in [0.5, 0.6) is 0 Å². The minimum atomic E-state index is -0.996. The molecule has 1 atom stereocenters. The van der Waals surface area contributed by atoms with Crippen molar-refractivity contribution in [3.05, 3.63) is 82.2 Å². The van der Waals surface area contributed by atoms with Gasteiger partial charge in [-0.3, -0.25) is 4.98 Å². The van der Waals surface area contributed by atoms with Crippen LogP contribution in [0.2, 0.25) is 0 Å². The summed E-state index contributed by atoms with van der Waals surface area (Å²) in [7, 11) is 0. The molecule has 0 N–H and O–H groups in total. The average molecular weight is 481 g/mol. The first-order chi connectivity index (χ1) is 16.3. The smallest absolute Gasteiger partial charge is 0.127 e. The van der Waals surface area contributed by atoms with E-state index in [0.717, 1.165) is 5.56 Å². The maximum absolute atomic E-state index is 14.3. The van der Waals surface area contributed by atoms with E-state index in [-0.39, 0.29) is 12.2 Å². The number of rotatable bonds is 10. The van der Waals surface area contributed by atoms with Crippen LogP contribution < -0.4 is 0 Å². The van der Waals surface area contributed by atoms with Crippen LogP contribution in [-0.4, -0.2) is 10.5 Å². The van der Waals surface area contributed by atoms with Gasteiger partial charge in [-0.1, -0.05) is 82.6 Å². The van der Waals surface area contributed by atoms with E-state index in [1.807, 2.05) is 19.1 Å². The molecule has 1 heterocycles. The Labute approximate surface area is 212 Å². The number of pyridine rings is 1. The van der Waals surface area contributed by atoms with Gasteiger partial charge in [-0.25, -0.2) is 4.39 Å². The summed E-state index contributed by atoms with van der Waals surface area (Å²) in [6, 6.07) is 8.71. The molecule has 192 valence electrons. The van der Waals surface area contributed by atoms with Crippen molar-refractivity contribution in [3.8, 4) is 11.3 Å². The van der Waals surface area contributed by atoms with Crippen LogP contribution in [0.1, 0.15) is 91.7 Å². The van der Waals surface area contributed by atoms with Crippen molar-refractivity contribution >= 4 is 0 Å². The quantitative estimate of drug-likeness (QED) is 0.251. The number of unbranched alkanes of at least 4 members (excludes halogenated alkanes) is 1. The molecule has 1 aromatic carbocycles. The molecule has 2 rings (SSSR count). The van der Waals surface area contributed by atoms with E-state index in [4.69, 9.17) is 0 Å². The Morgan fingerprint density at radius 3 is 2.29 bits per heavy atom. The van der Waals surface area contributed by atoms with Crippen LogP contribution in [0.25, 0.3) is 11.3 Å². The fourth-order valence-electron chi connectivity index (χ4n) is 3.76. The van der Waals surface area contributed by atoms with Crippen LogP contribution in [0.4, 0.5) is 4.39 Å². The van der Waals surface area contributed by atoms with Crippen LogP contribution in [-0.2, 0) is 6.42 Å². The normalized spacial score (nSPS) is 13.5. The molecule has 0 aliphatic rings. The lowest BCUT2D eigenvalue weighted by Gasteiger charge is -2.22. The fraction of sp³-hybridized carbons (Fsp3) is 0.516. The van der Waals surface area contributed by atoms with Gasteiger partial charge in [0.05, 0.1) is 5.69 Å². The van der Waals surface area contributed by atoms with E-state index >= 15 is 0 Å². The lowest BCUT2D eigenvalue weighted by Crippen LogP contribution is -2.26. The van der Waals surface area contributed by atoms with Crippen molar-refractivity contribution < 1.29 is 4.39 Å². The van der Waals surface area contributed by atoms with Gasteiger partial charge in [0.2, 0.25) is 0 Å². The highest BCUT2D eigenvalue weighted by molar-refractivity contribution is 5.59. The summed E-state index contributed by atoms with van der Waals surface area (Å²) in [6.45, 7) is 20.6. The van der Waals surface area contributed by atoms with Gasteiger partial charge in [0, 0.05) is 18.2 Å². The minimum absolute atomic E-state index is 0.194. The number of halogens is 1. The number of hydrogen-bond donors (Lipinski definition) is 0. The zero-order valence-corrected chi connectivity index (χ0v) is 23.2. The molecule has 0 saturated heterocycles. The van der Waals surface area contributed by atoms with Gasteiger partial charge in [0.25, 0.3) is 0 Å². The highest BCUT2D eigenvalue weighted by Gasteiger charge is 2.28. The maximum atomic E-state index is 14.3. The van der Waals surface area contributed by atoms with Gasteiger partial charge < -0.3 is 0 Å². The Balaban J connectivity index is 0.000000405. The second-order valence-corrected chi connectivity index (χ2v) is 11.0. The summed E-state index contributed by atoms with van der Waals surface area (Å²) < 4.78 is 14.3. The number of benzene rings is 1. The highest BCUT2D eigenvalue weighted by Crippen LogP contribution is 2.29. The molecule has 0 aliphatic carbocycles. The molecule has 0 spiro atoms. The van der Waals surface area contributed by atoms with E-state index in [1.165, 1.54) is 38.2 Å². The standard InChI is InChI=1S/C18H19FN2O.C13H26/c1-12(2)18(4,21-22)10-15-7-6-14(9-16(15)19)17-8-5-13(3)11-20-17;1-6-8-10-12(9-7-2)11-13(3,4)5/h5-9,11H,1,10H2,2-4H3;9H,6-8,10-11H2,1-5H3/b;12-9+. The van der Waals surface area contributed by atoms with Gasteiger partial charge in [0.15, 0.2) is 0 Å². The summed E-state index contributed by atoms with van der Waals surface area (Å²) in [5.41, 5.74) is 4.66. The van der Waals surface area contributed by atoms with Crippen molar-refractivity contribution in [1.82, 2.24) is 4.98 Å². The predicted octanol–water partition coefficient (Wildman–Crippen LogP) is 9.79. The molecule has 35 heavy (non-hydrogen) atoms. The third kappa shape index (κ3) is 10.7. The van der Waals surface area contributed by atoms with Gasteiger partial charge in [-0.05, 0) is 80.7 Å². The summed E-state index contributed by atoms with van der Waals surface area (Å²) in [5, 5.41) is 3.12. The fourth-order valence-corrected chi connectivity index (χ4v) is 3.76. The monoisotopic (exact) mass is 480 g/mol. The first-order valence-corrected chi connectivity index (χ1v) is 12.7. The molecule has 1 aromatic heterocycles. The summed E-state index contributed by atoms with van der Waals surface area (Å²) in [6.07, 6.45) is 10.8. The topological polar surface area (TPSA) is 42.3 Å². The largest absolute Gasteiger partial charge is 0.256 e. The molecule has 0 amide bonds. The third-order valence-corrected chi connectivity index (χ3v) is 6.02. The number of allylic oxidation sites excluding steroid dienone is 2. The zero-order valence-electron chi connectivity index (χ0n) is 23.2. The Bertz CT molecular complexity index is 986. The molecule has 2 aromatic rings. The van der Waals surface area contributed by atoms with Gasteiger partial charge in [0.1, 0.15) is 11.4 Å². The SMILES string of the molecule is C=C(C)C(C)(Cc1ccc(-c2ccc(C)cn2)cc1F)N=O.CC/C=C(\CCCC)CC(C)(C)C. The maximum Gasteiger partial charge on any atom is 0.127 e. The van der Waals surface area contributed by atoms with Crippen molar-refractivity contribution in [1.29, 1.82) is 0 Å². The van der Waals surface area contributed by atoms with E-state index in [9.17, 15) is 9.30 Å². The number of aryl methyl sites for hydroxylation is 1. The first kappa shape index (κ1) is 30.4. The highest BCUT2D eigenvalue weighted by atomic mass is 19.1. The van der Waals surface area contributed by atoms with Gasteiger partial charge in [-0.2, -0.15) is 0 Å². The molecular formula is C31H45FN2O. The molecule has 0 bridgehead atoms. The Morgan fingerprint density at radius 2 is 1.83 bits per heavy atom. The van der Waals surface area contributed by atoms with Crippen molar-refractivity contribution in [3.63, 3.8) is 0 Å². The number of nitroso groups, excluding NO2 is 1. The number of hydrogen-bond acceptors (Lipinski definition) is 3. The summed E-state index contributed by atoms with van der Waals surface area (Å²) >= 11 is 0. The molecular weight excluding hydrogens is 435 g/mol. The number of nitrogens with zero attached hydrogens (tertiary/aromatic N) is 2. The second-order valence-electron chi connectivity index (χ2n) is 11.0. The number of aromatic nitrogens is 1. The minimum Gasteiger partial charge on any atom is -0.256 e. The van der Waals surface area contributed by atoms with Crippen molar-refractivity contribution in [2.45, 2.75) is 99.5 Å². The molecule has 0 saturated carbocycles. The van der Waals surface area contributed by atoms with Gasteiger partial charge >= 0.3 is 0 Å². The summed E-state index contributed by atoms with van der Waals surface area (Å²) in [5.74, 6) is -0.365. The zero-order chi connectivity index (χ0) is 26.6. The van der Waals surface area contributed by atoms with Crippen molar-refractivity contribution in [2.75, 3.05) is 0 Å². The lowest BCUT2D eigenvalue weighted by atomic mass is 9.86.